The summed E-state index contributed by atoms with van der Waals surface area (Å²) < 4.78 is 11.4. The Labute approximate surface area is 210 Å². The lowest BCUT2D eigenvalue weighted by molar-refractivity contribution is 0.0527. The number of nitrogens with zero attached hydrogens (tertiary/aromatic N) is 1. The Kier molecular flexibility index (Phi) is 9.73. The van der Waals surface area contributed by atoms with E-state index in [1.807, 2.05) is 45.0 Å². The van der Waals surface area contributed by atoms with Gasteiger partial charge in [0, 0.05) is 38.2 Å². The molecule has 190 valence electrons. The van der Waals surface area contributed by atoms with Crippen LogP contribution in [0.5, 0.6) is 5.75 Å². The van der Waals surface area contributed by atoms with E-state index in [1.165, 1.54) is 11.1 Å². The lowest BCUT2D eigenvalue weighted by Crippen LogP contribution is -2.37. The smallest absolute Gasteiger partial charge is 0.407 e. The zero-order valence-electron chi connectivity index (χ0n) is 21.6. The van der Waals surface area contributed by atoms with Crippen LogP contribution in [0.2, 0.25) is 0 Å². The highest BCUT2D eigenvalue weighted by Crippen LogP contribution is 2.21. The maximum absolute atomic E-state index is 12.5. The molecule has 1 saturated heterocycles. The van der Waals surface area contributed by atoms with Crippen LogP contribution in [0.4, 0.5) is 4.79 Å². The first-order valence-corrected chi connectivity index (χ1v) is 12.7. The number of carbonyl (C=O) groups is 2. The molecule has 35 heavy (non-hydrogen) atoms. The number of amides is 1. The SMILES string of the molecule is Cc1ccc(CN2CCC(Oc3ccc(C(=O)CCCCNC(=O)OC(C)(C)C)cc3)CC2)cc1. The highest BCUT2D eigenvalue weighted by Gasteiger charge is 2.21. The third-order valence-corrected chi connectivity index (χ3v) is 6.04. The first-order valence-electron chi connectivity index (χ1n) is 12.7. The van der Waals surface area contributed by atoms with E-state index in [-0.39, 0.29) is 11.9 Å². The predicted octanol–water partition coefficient (Wildman–Crippen LogP) is 5.92. The molecular weight excluding hydrogens is 440 g/mol. The molecule has 1 N–H and O–H groups in total. The molecule has 1 aliphatic rings. The number of ketones is 1. The fourth-order valence-electron chi connectivity index (χ4n) is 4.11. The number of piperidine rings is 1. The average Bonchev–Trinajstić information content (AvgIpc) is 2.81. The minimum absolute atomic E-state index is 0.109. The minimum atomic E-state index is -0.505. The van der Waals surface area contributed by atoms with Gasteiger partial charge in [-0.3, -0.25) is 9.69 Å². The number of ether oxygens (including phenoxy) is 2. The normalized spacial score (nSPS) is 15.0. The summed E-state index contributed by atoms with van der Waals surface area (Å²) in [7, 11) is 0. The first kappa shape index (κ1) is 26.7. The van der Waals surface area contributed by atoms with Crippen molar-refractivity contribution < 1.29 is 19.1 Å². The van der Waals surface area contributed by atoms with Crippen LogP contribution in [-0.4, -0.2) is 48.1 Å². The second-order valence-electron chi connectivity index (χ2n) is 10.4. The van der Waals surface area contributed by atoms with Gasteiger partial charge >= 0.3 is 6.09 Å². The molecule has 1 heterocycles. The molecule has 0 aromatic heterocycles. The molecule has 1 aliphatic heterocycles. The van der Waals surface area contributed by atoms with E-state index in [1.54, 1.807) is 0 Å². The van der Waals surface area contributed by atoms with Crippen molar-refractivity contribution in [3.63, 3.8) is 0 Å². The summed E-state index contributed by atoms with van der Waals surface area (Å²) in [5, 5.41) is 2.72. The Hall–Kier alpha value is -2.86. The molecule has 1 fully saturated rings. The lowest BCUT2D eigenvalue weighted by Gasteiger charge is -2.32. The monoisotopic (exact) mass is 480 g/mol. The van der Waals surface area contributed by atoms with Crippen LogP contribution in [-0.2, 0) is 11.3 Å². The second kappa shape index (κ2) is 12.7. The van der Waals surface area contributed by atoms with Gasteiger partial charge in [0.25, 0.3) is 0 Å². The fourth-order valence-corrected chi connectivity index (χ4v) is 4.11. The standard InChI is InChI=1S/C29H40N2O4/c1-22-8-10-23(11-9-22)21-31-19-16-26(17-20-31)34-25-14-12-24(13-15-25)27(32)7-5-6-18-30-28(33)35-29(2,3)4/h8-15,26H,5-7,16-21H2,1-4H3,(H,30,33). The van der Waals surface area contributed by atoms with Crippen molar-refractivity contribution in [3.05, 3.63) is 65.2 Å². The van der Waals surface area contributed by atoms with Crippen molar-refractivity contribution in [1.29, 1.82) is 0 Å². The largest absolute Gasteiger partial charge is 0.490 e. The van der Waals surface area contributed by atoms with Gasteiger partial charge in [-0.1, -0.05) is 29.8 Å². The number of hydrogen-bond donors (Lipinski definition) is 1. The van der Waals surface area contributed by atoms with Crippen molar-refractivity contribution in [2.75, 3.05) is 19.6 Å². The molecule has 6 nitrogen and oxygen atoms in total. The topological polar surface area (TPSA) is 67.9 Å². The van der Waals surface area contributed by atoms with E-state index in [0.717, 1.165) is 44.6 Å². The number of hydrogen-bond acceptors (Lipinski definition) is 5. The number of nitrogens with one attached hydrogen (secondary N) is 1. The Morgan fingerprint density at radius 1 is 0.971 bits per heavy atom. The van der Waals surface area contributed by atoms with E-state index in [2.05, 4.69) is 41.4 Å². The van der Waals surface area contributed by atoms with E-state index >= 15 is 0 Å². The number of rotatable bonds is 10. The summed E-state index contributed by atoms with van der Waals surface area (Å²) in [5.74, 6) is 0.929. The first-order chi connectivity index (χ1) is 16.7. The minimum Gasteiger partial charge on any atom is -0.490 e. The van der Waals surface area contributed by atoms with Crippen LogP contribution in [0.3, 0.4) is 0 Å². The summed E-state index contributed by atoms with van der Waals surface area (Å²) >= 11 is 0. The van der Waals surface area contributed by atoms with Crippen molar-refractivity contribution in [2.45, 2.75) is 78.0 Å². The predicted molar refractivity (Wildman–Crippen MR) is 139 cm³/mol. The van der Waals surface area contributed by atoms with Crippen molar-refractivity contribution in [1.82, 2.24) is 10.2 Å². The van der Waals surface area contributed by atoms with Gasteiger partial charge in [-0.25, -0.2) is 4.79 Å². The maximum Gasteiger partial charge on any atom is 0.407 e. The molecule has 0 saturated carbocycles. The summed E-state index contributed by atoms with van der Waals surface area (Å²) in [5.41, 5.74) is 2.84. The number of alkyl carbamates (subject to hydrolysis) is 1. The molecule has 2 aromatic rings. The van der Waals surface area contributed by atoms with Gasteiger partial charge in [0.1, 0.15) is 17.5 Å². The van der Waals surface area contributed by atoms with Crippen LogP contribution in [0.15, 0.2) is 48.5 Å². The Bertz CT molecular complexity index is 940. The van der Waals surface area contributed by atoms with Crippen LogP contribution < -0.4 is 10.1 Å². The summed E-state index contributed by atoms with van der Waals surface area (Å²) in [6, 6.07) is 16.3. The van der Waals surface area contributed by atoms with Gasteiger partial charge in [-0.15, -0.1) is 0 Å². The summed E-state index contributed by atoms with van der Waals surface area (Å²) in [6.45, 7) is 11.1. The van der Waals surface area contributed by atoms with E-state index in [4.69, 9.17) is 9.47 Å². The van der Waals surface area contributed by atoms with E-state index < -0.39 is 11.7 Å². The fraction of sp³-hybridized carbons (Fsp3) is 0.517. The van der Waals surface area contributed by atoms with Gasteiger partial charge in [0.2, 0.25) is 0 Å². The highest BCUT2D eigenvalue weighted by molar-refractivity contribution is 5.96. The average molecular weight is 481 g/mol. The van der Waals surface area contributed by atoms with Gasteiger partial charge in [-0.05, 0) is 83.2 Å². The van der Waals surface area contributed by atoms with Gasteiger partial charge in [0.15, 0.2) is 5.78 Å². The van der Waals surface area contributed by atoms with E-state index in [9.17, 15) is 9.59 Å². The molecule has 0 unspecified atom stereocenters. The second-order valence-corrected chi connectivity index (χ2v) is 10.4. The number of likely N-dealkylation sites (tertiary alicyclic amines) is 1. The molecule has 2 aromatic carbocycles. The van der Waals surface area contributed by atoms with Gasteiger partial charge in [-0.2, -0.15) is 0 Å². The van der Waals surface area contributed by atoms with Crippen LogP contribution in [0.1, 0.15) is 74.4 Å². The third-order valence-electron chi connectivity index (χ3n) is 6.04. The van der Waals surface area contributed by atoms with Crippen LogP contribution in [0.25, 0.3) is 0 Å². The lowest BCUT2D eigenvalue weighted by atomic mass is 10.0. The van der Waals surface area contributed by atoms with Crippen molar-refractivity contribution in [2.24, 2.45) is 0 Å². The summed E-state index contributed by atoms with van der Waals surface area (Å²) in [6.07, 6.45) is 3.70. The maximum atomic E-state index is 12.5. The number of carbonyl (C=O) groups excluding carboxylic acids is 2. The number of aryl methyl sites for hydroxylation is 1. The summed E-state index contributed by atoms with van der Waals surface area (Å²) in [4.78, 5) is 26.6. The van der Waals surface area contributed by atoms with Crippen molar-refractivity contribution in [3.8, 4) is 5.75 Å². The molecular formula is C29H40N2O4. The molecule has 0 bridgehead atoms. The van der Waals surface area contributed by atoms with E-state index in [0.29, 0.717) is 24.9 Å². The zero-order chi connectivity index (χ0) is 25.3. The quantitative estimate of drug-likeness (QED) is 0.338. The third kappa shape index (κ3) is 9.73. The molecule has 0 aliphatic carbocycles. The Morgan fingerprint density at radius 3 is 2.26 bits per heavy atom. The number of Topliss-reactive ketones (excluding diaryl/α,β-unsaturated/α-hetero) is 1. The number of unbranched alkanes of at least 4 members (excludes halogenated alkanes) is 1. The molecule has 0 radical (unpaired) electrons. The molecule has 0 atom stereocenters. The molecule has 3 rings (SSSR count). The Morgan fingerprint density at radius 2 is 1.63 bits per heavy atom. The highest BCUT2D eigenvalue weighted by atomic mass is 16.6. The van der Waals surface area contributed by atoms with Crippen molar-refractivity contribution >= 4 is 11.9 Å². The Balaban J connectivity index is 1.33. The van der Waals surface area contributed by atoms with Crippen LogP contribution in [0, 0.1) is 6.92 Å². The zero-order valence-corrected chi connectivity index (χ0v) is 21.6. The molecule has 0 spiro atoms. The van der Waals surface area contributed by atoms with Crippen LogP contribution >= 0.6 is 0 Å². The number of benzene rings is 2. The molecule has 1 amide bonds. The van der Waals surface area contributed by atoms with Gasteiger partial charge < -0.3 is 14.8 Å². The van der Waals surface area contributed by atoms with Gasteiger partial charge in [0.05, 0.1) is 0 Å². The molecule has 6 heteroatoms.